The molecule has 1 fully saturated rings. The summed E-state index contributed by atoms with van der Waals surface area (Å²) in [4.78, 5) is 12.2. The third-order valence-corrected chi connectivity index (χ3v) is 5.20. The molecule has 1 heterocycles. The predicted octanol–water partition coefficient (Wildman–Crippen LogP) is 3.15. The summed E-state index contributed by atoms with van der Waals surface area (Å²) < 4.78 is 26.6. The number of carbonyl (C=O) groups is 1. The molecule has 1 saturated heterocycles. The lowest BCUT2D eigenvalue weighted by atomic mass is 10.0. The van der Waals surface area contributed by atoms with E-state index in [1.54, 1.807) is 6.07 Å². The van der Waals surface area contributed by atoms with Crippen LogP contribution in [0.2, 0.25) is 0 Å². The molecule has 1 aliphatic heterocycles. The first-order chi connectivity index (χ1) is 15.5. The summed E-state index contributed by atoms with van der Waals surface area (Å²) >= 11 is 0. The number of hydrogen-bond acceptors (Lipinski definition) is 7. The lowest BCUT2D eigenvalue weighted by Crippen LogP contribution is -2.52. The van der Waals surface area contributed by atoms with Gasteiger partial charge >= 0.3 is 5.97 Å². The molecule has 32 heavy (non-hydrogen) atoms. The summed E-state index contributed by atoms with van der Waals surface area (Å²) in [6, 6.07) is 14.7. The number of nitrogens with zero attached hydrogens (tertiary/aromatic N) is 1. The van der Waals surface area contributed by atoms with Crippen molar-refractivity contribution in [1.29, 1.82) is 0 Å². The van der Waals surface area contributed by atoms with E-state index in [0.717, 1.165) is 5.56 Å². The Morgan fingerprint density at radius 3 is 2.50 bits per heavy atom. The Bertz CT molecular complexity index is 922. The normalized spacial score (nSPS) is 15.7. The van der Waals surface area contributed by atoms with Gasteiger partial charge in [0.05, 0.1) is 33.7 Å². The maximum Gasteiger partial charge on any atom is 0.341 e. The highest BCUT2D eigenvalue weighted by atomic mass is 16.6. The van der Waals surface area contributed by atoms with Crippen molar-refractivity contribution in [3.63, 3.8) is 0 Å². The van der Waals surface area contributed by atoms with Gasteiger partial charge in [-0.15, -0.1) is 0 Å². The van der Waals surface area contributed by atoms with E-state index in [1.165, 1.54) is 20.5 Å². The summed E-state index contributed by atoms with van der Waals surface area (Å²) in [6.45, 7) is 2.83. The van der Waals surface area contributed by atoms with Crippen molar-refractivity contribution in [2.75, 3.05) is 53.7 Å². The zero-order valence-corrected chi connectivity index (χ0v) is 18.5. The average molecular weight is 443 g/mol. The highest BCUT2D eigenvalue weighted by Gasteiger charge is 2.21. The van der Waals surface area contributed by atoms with Gasteiger partial charge in [0.1, 0.15) is 49.9 Å². The van der Waals surface area contributed by atoms with Gasteiger partial charge in [0.2, 0.25) is 0 Å². The van der Waals surface area contributed by atoms with Crippen LogP contribution in [0.1, 0.15) is 11.1 Å². The Labute approximate surface area is 188 Å². The van der Waals surface area contributed by atoms with E-state index >= 15 is 0 Å². The number of benzene rings is 2. The molecule has 2 aromatic rings. The summed E-state index contributed by atoms with van der Waals surface area (Å²) in [5, 5.41) is 12.5. The number of morpholine rings is 1. The topological polar surface area (TPSA) is 86.3 Å². The number of methoxy groups -OCH3 is 2. The van der Waals surface area contributed by atoms with Crippen LogP contribution in [-0.4, -0.2) is 64.3 Å². The maximum atomic E-state index is 12.5. The molecule has 172 valence electrons. The molecular weight excluding hydrogens is 414 g/mol. The highest BCUT2D eigenvalue weighted by Crippen LogP contribution is 2.25. The Hall–Kier alpha value is -3.07. The smallest absolute Gasteiger partial charge is 0.341 e. The molecule has 0 N–H and O–H groups in total. The molecule has 0 saturated carbocycles. The van der Waals surface area contributed by atoms with Crippen LogP contribution in [0.25, 0.3) is 5.57 Å². The van der Waals surface area contributed by atoms with Gasteiger partial charge in [-0.05, 0) is 23.3 Å². The fourth-order valence-corrected chi connectivity index (χ4v) is 3.40. The van der Waals surface area contributed by atoms with Crippen molar-refractivity contribution < 1.29 is 33.1 Å². The SMILES string of the molecule is CO/C=C(/C(=O)OC)c1ccccc1COc1cccc(OCC[N+]2([O-])CCOCC2)c1. The van der Waals surface area contributed by atoms with Crippen molar-refractivity contribution in [2.24, 2.45) is 0 Å². The molecule has 2 aromatic carbocycles. The first kappa shape index (κ1) is 23.6. The van der Waals surface area contributed by atoms with Crippen LogP contribution < -0.4 is 9.47 Å². The summed E-state index contributed by atoms with van der Waals surface area (Å²) in [6.07, 6.45) is 1.36. The second-order valence-corrected chi connectivity index (χ2v) is 7.37. The van der Waals surface area contributed by atoms with Crippen LogP contribution >= 0.6 is 0 Å². The first-order valence-electron chi connectivity index (χ1n) is 10.4. The van der Waals surface area contributed by atoms with E-state index in [9.17, 15) is 10.0 Å². The van der Waals surface area contributed by atoms with Crippen molar-refractivity contribution >= 4 is 11.5 Å². The van der Waals surface area contributed by atoms with E-state index in [0.29, 0.717) is 62.1 Å². The first-order valence-corrected chi connectivity index (χ1v) is 10.4. The zero-order chi connectivity index (χ0) is 22.8. The van der Waals surface area contributed by atoms with Gasteiger partial charge in [-0.2, -0.15) is 0 Å². The van der Waals surface area contributed by atoms with Gasteiger partial charge in [-0.3, -0.25) is 0 Å². The highest BCUT2D eigenvalue weighted by molar-refractivity contribution is 6.16. The number of esters is 1. The number of carbonyl (C=O) groups excluding carboxylic acids is 1. The van der Waals surface area contributed by atoms with Gasteiger partial charge in [-0.1, -0.05) is 30.3 Å². The van der Waals surface area contributed by atoms with Crippen LogP contribution in [0.5, 0.6) is 11.5 Å². The van der Waals surface area contributed by atoms with Crippen LogP contribution in [-0.2, 0) is 25.6 Å². The molecule has 0 aromatic heterocycles. The maximum absolute atomic E-state index is 12.5. The Morgan fingerprint density at radius 1 is 1.06 bits per heavy atom. The van der Waals surface area contributed by atoms with Crippen molar-refractivity contribution in [3.05, 3.63) is 71.1 Å². The van der Waals surface area contributed by atoms with Crippen molar-refractivity contribution in [1.82, 2.24) is 0 Å². The van der Waals surface area contributed by atoms with E-state index in [2.05, 4.69) is 0 Å². The molecule has 0 unspecified atom stereocenters. The second-order valence-electron chi connectivity index (χ2n) is 7.37. The van der Waals surface area contributed by atoms with Gasteiger partial charge in [0.25, 0.3) is 0 Å². The molecule has 0 spiro atoms. The van der Waals surface area contributed by atoms with E-state index < -0.39 is 5.97 Å². The minimum Gasteiger partial charge on any atom is -0.633 e. The molecule has 8 heteroatoms. The minimum absolute atomic E-state index is 0.234. The standard InChI is InChI=1S/C24H29NO7/c1-28-18-23(24(26)29-2)22-9-4-3-6-19(22)17-32-21-8-5-7-20(16-21)31-15-12-25(27)10-13-30-14-11-25/h3-9,16,18H,10-15,17H2,1-2H3/b23-18+. The van der Waals surface area contributed by atoms with Crippen molar-refractivity contribution in [3.8, 4) is 11.5 Å². The van der Waals surface area contributed by atoms with E-state index in [1.807, 2.05) is 42.5 Å². The Morgan fingerprint density at radius 2 is 1.78 bits per heavy atom. The second kappa shape index (κ2) is 11.5. The van der Waals surface area contributed by atoms with Crippen LogP contribution in [0.4, 0.5) is 0 Å². The molecule has 0 radical (unpaired) electrons. The van der Waals surface area contributed by atoms with Crippen molar-refractivity contribution in [2.45, 2.75) is 6.61 Å². The fraction of sp³-hybridized carbons (Fsp3) is 0.375. The third kappa shape index (κ3) is 6.46. The fourth-order valence-electron chi connectivity index (χ4n) is 3.40. The number of hydroxylamine groups is 3. The van der Waals surface area contributed by atoms with Crippen LogP contribution in [0.3, 0.4) is 0 Å². The molecule has 0 atom stereocenters. The lowest BCUT2D eigenvalue weighted by Gasteiger charge is -2.44. The van der Waals surface area contributed by atoms with Gasteiger partial charge in [0.15, 0.2) is 0 Å². The molecule has 0 amide bonds. The molecule has 0 aliphatic carbocycles. The summed E-state index contributed by atoms with van der Waals surface area (Å²) in [5.74, 6) is 0.754. The number of hydrogen-bond donors (Lipinski definition) is 0. The zero-order valence-electron chi connectivity index (χ0n) is 18.5. The van der Waals surface area contributed by atoms with Crippen LogP contribution in [0, 0.1) is 5.21 Å². The Balaban J connectivity index is 1.62. The average Bonchev–Trinajstić information content (AvgIpc) is 2.82. The summed E-state index contributed by atoms with van der Waals surface area (Å²) in [5.41, 5.74) is 1.78. The largest absolute Gasteiger partial charge is 0.633 e. The molecule has 1 aliphatic rings. The van der Waals surface area contributed by atoms with E-state index in [-0.39, 0.29) is 11.3 Å². The lowest BCUT2D eigenvalue weighted by molar-refractivity contribution is -0.888. The number of ether oxygens (including phenoxy) is 5. The molecule has 8 nitrogen and oxygen atoms in total. The third-order valence-electron chi connectivity index (χ3n) is 5.20. The molecular formula is C24H29NO7. The quantitative estimate of drug-likeness (QED) is 0.183. The number of quaternary nitrogens is 1. The van der Waals surface area contributed by atoms with E-state index in [4.69, 9.17) is 23.7 Å². The predicted molar refractivity (Wildman–Crippen MR) is 119 cm³/mol. The Kier molecular flexibility index (Phi) is 8.49. The number of rotatable bonds is 10. The monoisotopic (exact) mass is 443 g/mol. The van der Waals surface area contributed by atoms with Gasteiger partial charge in [-0.25, -0.2) is 4.79 Å². The summed E-state index contributed by atoms with van der Waals surface area (Å²) in [7, 11) is 2.80. The van der Waals surface area contributed by atoms with Gasteiger partial charge in [0, 0.05) is 6.07 Å². The molecule has 0 bridgehead atoms. The minimum atomic E-state index is -0.492. The van der Waals surface area contributed by atoms with Gasteiger partial charge < -0.3 is 33.5 Å². The van der Waals surface area contributed by atoms with Crippen LogP contribution in [0.15, 0.2) is 54.8 Å². The molecule has 3 rings (SSSR count).